The van der Waals surface area contributed by atoms with Crippen LogP contribution in [-0.2, 0) is 6.54 Å². The fourth-order valence-corrected chi connectivity index (χ4v) is 2.51. The average molecular weight is 270 g/mol. The van der Waals surface area contributed by atoms with E-state index in [-0.39, 0.29) is 11.2 Å². The molecule has 2 aromatic rings. The zero-order valence-electron chi connectivity index (χ0n) is 9.49. The van der Waals surface area contributed by atoms with E-state index in [4.69, 9.17) is 17.3 Å². The summed E-state index contributed by atoms with van der Waals surface area (Å²) in [5.41, 5.74) is 6.76. The van der Waals surface area contributed by atoms with Gasteiger partial charge in [-0.05, 0) is 37.1 Å². The quantitative estimate of drug-likeness (QED) is 0.895. The summed E-state index contributed by atoms with van der Waals surface area (Å²) in [6.07, 6.45) is 0. The molecule has 2 rings (SSSR count). The number of thiophene rings is 1. The Kier molecular flexibility index (Phi) is 3.44. The van der Waals surface area contributed by atoms with Crippen LogP contribution in [0.15, 0.2) is 6.07 Å². The number of hydrogen-bond donors (Lipinski definition) is 2. The lowest BCUT2D eigenvalue weighted by molar-refractivity contribution is 1.02. The SMILES string of the molecule is Cc1cc(CNc2nc(N)nc(Cl)n2)sc1C. The zero-order valence-corrected chi connectivity index (χ0v) is 11.1. The molecule has 0 bridgehead atoms. The van der Waals surface area contributed by atoms with Crippen molar-refractivity contribution in [1.29, 1.82) is 0 Å². The number of hydrogen-bond acceptors (Lipinski definition) is 6. The van der Waals surface area contributed by atoms with Crippen molar-refractivity contribution in [1.82, 2.24) is 15.0 Å². The maximum atomic E-state index is 5.68. The van der Waals surface area contributed by atoms with Gasteiger partial charge >= 0.3 is 0 Å². The number of rotatable bonds is 3. The van der Waals surface area contributed by atoms with Gasteiger partial charge < -0.3 is 11.1 Å². The standard InChI is InChI=1S/C10H12ClN5S/c1-5-3-7(17-6(5)2)4-13-10-15-8(11)14-9(12)16-10/h3H,4H2,1-2H3,(H3,12,13,14,15,16). The summed E-state index contributed by atoms with van der Waals surface area (Å²) < 4.78 is 0. The zero-order chi connectivity index (χ0) is 12.4. The van der Waals surface area contributed by atoms with Crippen LogP contribution in [-0.4, -0.2) is 15.0 Å². The van der Waals surface area contributed by atoms with Crippen molar-refractivity contribution in [2.75, 3.05) is 11.1 Å². The lowest BCUT2D eigenvalue weighted by atomic mass is 10.3. The van der Waals surface area contributed by atoms with E-state index < -0.39 is 0 Å². The molecule has 0 aromatic carbocycles. The highest BCUT2D eigenvalue weighted by Gasteiger charge is 2.04. The molecule has 0 amide bonds. The Morgan fingerprint density at radius 3 is 2.71 bits per heavy atom. The Morgan fingerprint density at radius 2 is 2.12 bits per heavy atom. The normalized spacial score (nSPS) is 10.5. The van der Waals surface area contributed by atoms with Crippen LogP contribution < -0.4 is 11.1 Å². The molecule has 17 heavy (non-hydrogen) atoms. The number of nitrogens with one attached hydrogen (secondary N) is 1. The van der Waals surface area contributed by atoms with Crippen molar-refractivity contribution < 1.29 is 0 Å². The van der Waals surface area contributed by atoms with E-state index in [1.165, 1.54) is 15.3 Å². The number of aryl methyl sites for hydroxylation is 2. The molecule has 0 saturated carbocycles. The maximum absolute atomic E-state index is 5.68. The molecule has 7 heteroatoms. The van der Waals surface area contributed by atoms with Gasteiger partial charge in [-0.25, -0.2) is 0 Å². The number of nitrogens with two attached hydrogens (primary N) is 1. The Balaban J connectivity index is 2.07. The van der Waals surface area contributed by atoms with Crippen LogP contribution in [0.3, 0.4) is 0 Å². The van der Waals surface area contributed by atoms with Crippen molar-refractivity contribution in [2.45, 2.75) is 20.4 Å². The number of anilines is 2. The van der Waals surface area contributed by atoms with Gasteiger partial charge in [0.15, 0.2) is 0 Å². The molecule has 90 valence electrons. The van der Waals surface area contributed by atoms with E-state index in [1.54, 1.807) is 11.3 Å². The summed E-state index contributed by atoms with van der Waals surface area (Å²) in [4.78, 5) is 14.1. The summed E-state index contributed by atoms with van der Waals surface area (Å²) in [5, 5.41) is 3.16. The Hall–Kier alpha value is -1.40. The van der Waals surface area contributed by atoms with Crippen LogP contribution in [0.5, 0.6) is 0 Å². The average Bonchev–Trinajstić information content (AvgIpc) is 2.54. The Morgan fingerprint density at radius 1 is 1.35 bits per heavy atom. The van der Waals surface area contributed by atoms with Crippen molar-refractivity contribution >= 4 is 34.8 Å². The van der Waals surface area contributed by atoms with E-state index in [2.05, 4.69) is 40.2 Å². The summed E-state index contributed by atoms with van der Waals surface area (Å²) >= 11 is 7.43. The van der Waals surface area contributed by atoms with Crippen LogP contribution in [0.25, 0.3) is 0 Å². The van der Waals surface area contributed by atoms with Gasteiger partial charge in [-0.15, -0.1) is 11.3 Å². The highest BCUT2D eigenvalue weighted by molar-refractivity contribution is 7.12. The van der Waals surface area contributed by atoms with Crippen molar-refractivity contribution in [3.63, 3.8) is 0 Å². The second-order valence-corrected chi connectivity index (χ2v) is 5.27. The second kappa shape index (κ2) is 4.85. The summed E-state index contributed by atoms with van der Waals surface area (Å²) in [5.74, 6) is 0.511. The summed E-state index contributed by atoms with van der Waals surface area (Å²) in [7, 11) is 0. The van der Waals surface area contributed by atoms with Crippen LogP contribution in [0.2, 0.25) is 5.28 Å². The van der Waals surface area contributed by atoms with E-state index >= 15 is 0 Å². The topological polar surface area (TPSA) is 76.7 Å². The van der Waals surface area contributed by atoms with Crippen molar-refractivity contribution in [3.8, 4) is 0 Å². The van der Waals surface area contributed by atoms with Crippen molar-refractivity contribution in [2.24, 2.45) is 0 Å². The van der Waals surface area contributed by atoms with E-state index in [1.807, 2.05) is 0 Å². The lowest BCUT2D eigenvalue weighted by Crippen LogP contribution is -2.06. The summed E-state index contributed by atoms with van der Waals surface area (Å²) in [6, 6.07) is 2.14. The molecular formula is C10H12ClN5S. The van der Waals surface area contributed by atoms with Crippen LogP contribution in [0.1, 0.15) is 15.3 Å². The second-order valence-electron chi connectivity index (χ2n) is 3.59. The minimum atomic E-state index is 0.0959. The minimum absolute atomic E-state index is 0.0959. The first-order valence-corrected chi connectivity index (χ1v) is 6.21. The summed E-state index contributed by atoms with van der Waals surface area (Å²) in [6.45, 7) is 4.84. The molecule has 0 radical (unpaired) electrons. The molecule has 0 spiro atoms. The maximum Gasteiger partial charge on any atom is 0.229 e. The first kappa shape index (κ1) is 12.1. The predicted molar refractivity (Wildman–Crippen MR) is 70.4 cm³/mol. The van der Waals surface area contributed by atoms with Crippen LogP contribution >= 0.6 is 22.9 Å². The number of nitrogen functional groups attached to an aromatic ring is 1. The van der Waals surface area contributed by atoms with Gasteiger partial charge in [-0.1, -0.05) is 0 Å². The van der Waals surface area contributed by atoms with Gasteiger partial charge in [-0.3, -0.25) is 0 Å². The number of halogens is 1. The fraction of sp³-hybridized carbons (Fsp3) is 0.300. The Bertz CT molecular complexity index is 500. The van der Waals surface area contributed by atoms with Gasteiger partial charge in [0.25, 0.3) is 0 Å². The third kappa shape index (κ3) is 3.04. The van der Waals surface area contributed by atoms with Gasteiger partial charge in [0.05, 0.1) is 6.54 Å². The van der Waals surface area contributed by atoms with Crippen LogP contribution in [0, 0.1) is 13.8 Å². The van der Waals surface area contributed by atoms with Crippen molar-refractivity contribution in [3.05, 3.63) is 26.7 Å². The smallest absolute Gasteiger partial charge is 0.229 e. The van der Waals surface area contributed by atoms with Crippen LogP contribution in [0.4, 0.5) is 11.9 Å². The predicted octanol–water partition coefficient (Wildman–Crippen LogP) is 2.40. The van der Waals surface area contributed by atoms with Gasteiger partial charge in [0.2, 0.25) is 17.2 Å². The lowest BCUT2D eigenvalue weighted by Gasteiger charge is -2.03. The number of nitrogens with zero attached hydrogens (tertiary/aromatic N) is 3. The fourth-order valence-electron chi connectivity index (χ4n) is 1.35. The molecule has 3 N–H and O–H groups in total. The molecule has 0 aliphatic rings. The molecule has 0 atom stereocenters. The molecule has 2 aromatic heterocycles. The molecule has 0 unspecified atom stereocenters. The highest BCUT2D eigenvalue weighted by Crippen LogP contribution is 2.21. The molecule has 0 aliphatic carbocycles. The number of aromatic nitrogens is 3. The third-order valence-corrected chi connectivity index (χ3v) is 3.58. The molecule has 0 saturated heterocycles. The van der Waals surface area contributed by atoms with Gasteiger partial charge in [0, 0.05) is 9.75 Å². The first-order chi connectivity index (χ1) is 8.04. The largest absolute Gasteiger partial charge is 0.368 e. The Labute approximate surface area is 108 Å². The molecule has 5 nitrogen and oxygen atoms in total. The highest BCUT2D eigenvalue weighted by atomic mass is 35.5. The molecular weight excluding hydrogens is 258 g/mol. The molecule has 0 aliphatic heterocycles. The van der Waals surface area contributed by atoms with Gasteiger partial charge in [-0.2, -0.15) is 15.0 Å². The van der Waals surface area contributed by atoms with E-state index in [9.17, 15) is 0 Å². The monoisotopic (exact) mass is 269 g/mol. The minimum Gasteiger partial charge on any atom is -0.368 e. The van der Waals surface area contributed by atoms with E-state index in [0.29, 0.717) is 12.5 Å². The molecule has 0 fully saturated rings. The molecule has 2 heterocycles. The third-order valence-electron chi connectivity index (χ3n) is 2.26. The van der Waals surface area contributed by atoms with E-state index in [0.717, 1.165) is 0 Å². The first-order valence-electron chi connectivity index (χ1n) is 5.01. The van der Waals surface area contributed by atoms with Gasteiger partial charge in [0.1, 0.15) is 0 Å².